The van der Waals surface area contributed by atoms with Gasteiger partial charge in [0.2, 0.25) is 5.89 Å². The number of carbonyl (C=O) groups excluding carboxylic acids is 1. The fourth-order valence-corrected chi connectivity index (χ4v) is 1.47. The predicted molar refractivity (Wildman–Crippen MR) is 59.6 cm³/mol. The molecule has 1 heterocycles. The highest BCUT2D eigenvalue weighted by Gasteiger charge is 2.15. The van der Waals surface area contributed by atoms with Crippen molar-refractivity contribution < 1.29 is 13.9 Å². The van der Waals surface area contributed by atoms with Crippen molar-refractivity contribution in [1.82, 2.24) is 10.2 Å². The van der Waals surface area contributed by atoms with Crippen LogP contribution in [0.25, 0.3) is 0 Å². The predicted octanol–water partition coefficient (Wildman–Crippen LogP) is 1.76. The van der Waals surface area contributed by atoms with Gasteiger partial charge >= 0.3 is 11.9 Å². The van der Waals surface area contributed by atoms with E-state index in [1.807, 2.05) is 31.2 Å². The summed E-state index contributed by atoms with van der Waals surface area (Å²) in [5.74, 6) is -0.329. The van der Waals surface area contributed by atoms with Gasteiger partial charge in [0.15, 0.2) is 0 Å². The summed E-state index contributed by atoms with van der Waals surface area (Å²) in [6, 6.07) is 7.90. The zero-order chi connectivity index (χ0) is 12.3. The highest BCUT2D eigenvalue weighted by molar-refractivity contribution is 5.83. The molecule has 2 aromatic rings. The molecule has 5 heteroatoms. The monoisotopic (exact) mass is 232 g/mol. The standard InChI is InChI=1S/C12H12N2O3/c1-8-5-3-4-6-9(8)7-10-13-14-11(17-10)12(15)16-2/h3-6H,7H2,1-2H3. The third kappa shape index (κ3) is 2.50. The van der Waals surface area contributed by atoms with Gasteiger partial charge in [0.1, 0.15) is 0 Å². The Bertz CT molecular complexity index is 534. The number of ether oxygens (including phenoxy) is 1. The van der Waals surface area contributed by atoms with E-state index in [0.29, 0.717) is 12.3 Å². The number of esters is 1. The molecule has 0 atom stereocenters. The molecule has 17 heavy (non-hydrogen) atoms. The summed E-state index contributed by atoms with van der Waals surface area (Å²) in [4.78, 5) is 11.1. The van der Waals surface area contributed by atoms with Gasteiger partial charge in [-0.25, -0.2) is 4.79 Å². The average molecular weight is 232 g/mol. The van der Waals surface area contributed by atoms with Crippen LogP contribution in [0.15, 0.2) is 28.7 Å². The molecule has 5 nitrogen and oxygen atoms in total. The topological polar surface area (TPSA) is 65.2 Å². The average Bonchev–Trinajstić information content (AvgIpc) is 2.80. The van der Waals surface area contributed by atoms with Crippen molar-refractivity contribution in [3.8, 4) is 0 Å². The molecular weight excluding hydrogens is 220 g/mol. The Morgan fingerprint density at radius 2 is 2.12 bits per heavy atom. The first-order valence-corrected chi connectivity index (χ1v) is 5.16. The number of rotatable bonds is 3. The third-order valence-corrected chi connectivity index (χ3v) is 2.43. The molecule has 1 aromatic carbocycles. The summed E-state index contributed by atoms with van der Waals surface area (Å²) < 4.78 is 9.69. The zero-order valence-corrected chi connectivity index (χ0v) is 9.64. The Hall–Kier alpha value is -2.17. The minimum Gasteiger partial charge on any atom is -0.462 e. The highest BCUT2D eigenvalue weighted by atomic mass is 16.5. The van der Waals surface area contributed by atoms with E-state index in [0.717, 1.165) is 11.1 Å². The molecule has 0 unspecified atom stereocenters. The third-order valence-electron chi connectivity index (χ3n) is 2.43. The largest absolute Gasteiger partial charge is 0.462 e. The smallest absolute Gasteiger partial charge is 0.396 e. The van der Waals surface area contributed by atoms with Crippen molar-refractivity contribution in [3.05, 3.63) is 47.2 Å². The maximum Gasteiger partial charge on any atom is 0.396 e. The van der Waals surface area contributed by atoms with Gasteiger partial charge in [-0.15, -0.1) is 10.2 Å². The molecule has 0 amide bonds. The number of hydrogen-bond acceptors (Lipinski definition) is 5. The molecule has 0 aliphatic heterocycles. The fourth-order valence-electron chi connectivity index (χ4n) is 1.47. The zero-order valence-electron chi connectivity index (χ0n) is 9.64. The van der Waals surface area contributed by atoms with E-state index in [-0.39, 0.29) is 5.89 Å². The van der Waals surface area contributed by atoms with E-state index in [9.17, 15) is 4.79 Å². The summed E-state index contributed by atoms with van der Waals surface area (Å²) in [5.41, 5.74) is 2.23. The number of aryl methyl sites for hydroxylation is 1. The Kier molecular flexibility index (Phi) is 3.18. The molecule has 0 spiro atoms. The molecule has 0 saturated carbocycles. The van der Waals surface area contributed by atoms with Crippen molar-refractivity contribution in [2.45, 2.75) is 13.3 Å². The molecule has 0 bridgehead atoms. The first-order valence-electron chi connectivity index (χ1n) is 5.16. The second kappa shape index (κ2) is 4.78. The summed E-state index contributed by atoms with van der Waals surface area (Å²) in [6.45, 7) is 2.01. The number of nitrogens with zero attached hydrogens (tertiary/aromatic N) is 2. The normalized spacial score (nSPS) is 10.2. The summed E-state index contributed by atoms with van der Waals surface area (Å²) in [5, 5.41) is 7.43. The van der Waals surface area contributed by atoms with Crippen LogP contribution < -0.4 is 0 Å². The number of aromatic nitrogens is 2. The molecule has 1 aromatic heterocycles. The van der Waals surface area contributed by atoms with Gasteiger partial charge < -0.3 is 9.15 Å². The minimum absolute atomic E-state index is 0.115. The van der Waals surface area contributed by atoms with Crippen molar-refractivity contribution in [2.24, 2.45) is 0 Å². The van der Waals surface area contributed by atoms with E-state index in [1.54, 1.807) is 0 Å². The Morgan fingerprint density at radius 1 is 1.35 bits per heavy atom. The molecule has 0 fully saturated rings. The van der Waals surface area contributed by atoms with Crippen molar-refractivity contribution in [1.29, 1.82) is 0 Å². The quantitative estimate of drug-likeness (QED) is 0.754. The lowest BCUT2D eigenvalue weighted by atomic mass is 10.1. The molecule has 0 aliphatic carbocycles. The second-order valence-corrected chi connectivity index (χ2v) is 3.60. The van der Waals surface area contributed by atoms with Crippen LogP contribution in [0.4, 0.5) is 0 Å². The van der Waals surface area contributed by atoms with Crippen LogP contribution in [0.1, 0.15) is 27.7 Å². The maximum atomic E-state index is 11.1. The minimum atomic E-state index is -0.617. The molecule has 0 aliphatic rings. The van der Waals surface area contributed by atoms with E-state index >= 15 is 0 Å². The lowest BCUT2D eigenvalue weighted by Crippen LogP contribution is -2.00. The van der Waals surface area contributed by atoms with Crippen LogP contribution in [-0.2, 0) is 11.2 Å². The summed E-state index contributed by atoms with van der Waals surface area (Å²) >= 11 is 0. The Morgan fingerprint density at radius 3 is 2.82 bits per heavy atom. The van der Waals surface area contributed by atoms with Gasteiger partial charge in [0.25, 0.3) is 0 Å². The number of hydrogen-bond donors (Lipinski definition) is 0. The maximum absolute atomic E-state index is 11.1. The number of methoxy groups -OCH3 is 1. The van der Waals surface area contributed by atoms with E-state index in [2.05, 4.69) is 14.9 Å². The van der Waals surface area contributed by atoms with Gasteiger partial charge in [-0.2, -0.15) is 0 Å². The highest BCUT2D eigenvalue weighted by Crippen LogP contribution is 2.12. The van der Waals surface area contributed by atoms with Crippen LogP contribution in [0.5, 0.6) is 0 Å². The van der Waals surface area contributed by atoms with Crippen LogP contribution >= 0.6 is 0 Å². The second-order valence-electron chi connectivity index (χ2n) is 3.60. The van der Waals surface area contributed by atoms with Gasteiger partial charge in [0, 0.05) is 0 Å². The van der Waals surface area contributed by atoms with Crippen LogP contribution in [0.2, 0.25) is 0 Å². The SMILES string of the molecule is COC(=O)c1nnc(Cc2ccccc2C)o1. The number of benzene rings is 1. The van der Waals surface area contributed by atoms with Gasteiger partial charge in [-0.05, 0) is 18.1 Å². The number of carbonyl (C=O) groups is 1. The molecule has 0 saturated heterocycles. The molecular formula is C12H12N2O3. The Balaban J connectivity index is 2.17. The summed E-state index contributed by atoms with van der Waals surface area (Å²) in [6.07, 6.45) is 0.511. The van der Waals surface area contributed by atoms with E-state index in [4.69, 9.17) is 4.42 Å². The lowest BCUT2D eigenvalue weighted by Gasteiger charge is -2.00. The van der Waals surface area contributed by atoms with Gasteiger partial charge in [-0.3, -0.25) is 0 Å². The van der Waals surface area contributed by atoms with Crippen LogP contribution in [0, 0.1) is 6.92 Å². The molecule has 2 rings (SSSR count). The lowest BCUT2D eigenvalue weighted by molar-refractivity contribution is 0.0554. The van der Waals surface area contributed by atoms with Crippen molar-refractivity contribution in [3.63, 3.8) is 0 Å². The van der Waals surface area contributed by atoms with Crippen molar-refractivity contribution >= 4 is 5.97 Å². The van der Waals surface area contributed by atoms with Crippen molar-refractivity contribution in [2.75, 3.05) is 7.11 Å². The first-order chi connectivity index (χ1) is 8.20. The van der Waals surface area contributed by atoms with E-state index in [1.165, 1.54) is 7.11 Å². The summed E-state index contributed by atoms with van der Waals surface area (Å²) in [7, 11) is 1.27. The van der Waals surface area contributed by atoms with Gasteiger partial charge in [-0.1, -0.05) is 24.3 Å². The first kappa shape index (κ1) is 11.3. The fraction of sp³-hybridized carbons (Fsp3) is 0.250. The van der Waals surface area contributed by atoms with Crippen LogP contribution in [-0.4, -0.2) is 23.3 Å². The molecule has 0 radical (unpaired) electrons. The van der Waals surface area contributed by atoms with Gasteiger partial charge in [0.05, 0.1) is 13.5 Å². The molecule has 88 valence electrons. The van der Waals surface area contributed by atoms with E-state index < -0.39 is 5.97 Å². The Labute approximate surface area is 98.4 Å². The van der Waals surface area contributed by atoms with Crippen LogP contribution in [0.3, 0.4) is 0 Å². The molecule has 0 N–H and O–H groups in total.